The molecule has 2 nitrogen and oxygen atoms in total. The van der Waals surface area contributed by atoms with Crippen LogP contribution in [0.2, 0.25) is 0 Å². The Bertz CT molecular complexity index is 360. The summed E-state index contributed by atoms with van der Waals surface area (Å²) < 4.78 is 0. The molecule has 1 aromatic rings. The molecule has 1 aromatic carbocycles. The van der Waals surface area contributed by atoms with Crippen LogP contribution in [0.25, 0.3) is 0 Å². The summed E-state index contributed by atoms with van der Waals surface area (Å²) in [4.78, 5) is 2.57. The number of anilines is 1. The van der Waals surface area contributed by atoms with Gasteiger partial charge in [0, 0.05) is 18.3 Å². The monoisotopic (exact) mass is 232 g/mol. The topological polar surface area (TPSA) is 29.3 Å². The van der Waals surface area contributed by atoms with Crippen molar-refractivity contribution in [2.45, 2.75) is 45.1 Å². The Labute approximate surface area is 105 Å². The molecule has 1 fully saturated rings. The van der Waals surface area contributed by atoms with E-state index in [0.717, 1.165) is 13.0 Å². The first kappa shape index (κ1) is 12.4. The highest BCUT2D eigenvalue weighted by atomic mass is 15.2. The number of hydrogen-bond acceptors (Lipinski definition) is 2. The SMILES string of the molecule is CC(C)c1ccccc1N1CCCC1CCN. The third-order valence-corrected chi connectivity index (χ3v) is 3.75. The fourth-order valence-electron chi connectivity index (χ4n) is 2.88. The van der Waals surface area contributed by atoms with Crippen molar-refractivity contribution in [2.24, 2.45) is 5.73 Å². The van der Waals surface area contributed by atoms with Gasteiger partial charge in [-0.2, -0.15) is 0 Å². The number of benzene rings is 1. The molecule has 1 heterocycles. The van der Waals surface area contributed by atoms with E-state index in [2.05, 4.69) is 43.0 Å². The van der Waals surface area contributed by atoms with Crippen molar-refractivity contribution in [1.82, 2.24) is 0 Å². The van der Waals surface area contributed by atoms with E-state index in [4.69, 9.17) is 5.73 Å². The van der Waals surface area contributed by atoms with Crippen LogP contribution in [0.15, 0.2) is 24.3 Å². The average Bonchev–Trinajstić information content (AvgIpc) is 2.77. The summed E-state index contributed by atoms with van der Waals surface area (Å²) in [6.45, 7) is 6.53. The molecule has 1 aliphatic rings. The van der Waals surface area contributed by atoms with Crippen LogP contribution >= 0.6 is 0 Å². The molecule has 2 heteroatoms. The van der Waals surface area contributed by atoms with Gasteiger partial charge in [-0.3, -0.25) is 0 Å². The van der Waals surface area contributed by atoms with Gasteiger partial charge in [-0.25, -0.2) is 0 Å². The summed E-state index contributed by atoms with van der Waals surface area (Å²) in [7, 11) is 0. The van der Waals surface area contributed by atoms with E-state index in [-0.39, 0.29) is 0 Å². The number of para-hydroxylation sites is 1. The van der Waals surface area contributed by atoms with E-state index in [1.807, 2.05) is 0 Å². The van der Waals surface area contributed by atoms with Crippen molar-refractivity contribution in [3.63, 3.8) is 0 Å². The summed E-state index contributed by atoms with van der Waals surface area (Å²) in [5.41, 5.74) is 8.62. The second-order valence-electron chi connectivity index (χ2n) is 5.28. The number of nitrogens with two attached hydrogens (primary N) is 1. The molecular weight excluding hydrogens is 208 g/mol. The molecular formula is C15H24N2. The normalized spacial score (nSPS) is 20.2. The predicted molar refractivity (Wildman–Crippen MR) is 74.6 cm³/mol. The Morgan fingerprint density at radius 3 is 2.82 bits per heavy atom. The van der Waals surface area contributed by atoms with Gasteiger partial charge >= 0.3 is 0 Å². The van der Waals surface area contributed by atoms with Gasteiger partial charge in [0.2, 0.25) is 0 Å². The smallest absolute Gasteiger partial charge is 0.0403 e. The van der Waals surface area contributed by atoms with E-state index >= 15 is 0 Å². The molecule has 1 aliphatic heterocycles. The maximum absolute atomic E-state index is 5.72. The average molecular weight is 232 g/mol. The Morgan fingerprint density at radius 2 is 2.12 bits per heavy atom. The maximum atomic E-state index is 5.72. The number of nitrogens with zero attached hydrogens (tertiary/aromatic N) is 1. The van der Waals surface area contributed by atoms with Crippen LogP contribution in [0.5, 0.6) is 0 Å². The van der Waals surface area contributed by atoms with Gasteiger partial charge in [-0.1, -0.05) is 32.0 Å². The Hall–Kier alpha value is -1.02. The summed E-state index contributed by atoms with van der Waals surface area (Å²) in [6.07, 6.45) is 3.72. The van der Waals surface area contributed by atoms with Crippen LogP contribution in [0.1, 0.15) is 44.6 Å². The molecule has 0 amide bonds. The van der Waals surface area contributed by atoms with Gasteiger partial charge in [0.15, 0.2) is 0 Å². The van der Waals surface area contributed by atoms with Crippen LogP contribution in [0.3, 0.4) is 0 Å². The second-order valence-corrected chi connectivity index (χ2v) is 5.28. The Kier molecular flexibility index (Phi) is 4.06. The summed E-state index contributed by atoms with van der Waals surface area (Å²) in [5.74, 6) is 0.588. The van der Waals surface area contributed by atoms with Gasteiger partial charge < -0.3 is 10.6 Å². The lowest BCUT2D eigenvalue weighted by molar-refractivity contribution is 0.616. The summed E-state index contributed by atoms with van der Waals surface area (Å²) in [6, 6.07) is 9.48. The molecule has 2 rings (SSSR count). The van der Waals surface area contributed by atoms with Crippen LogP contribution < -0.4 is 10.6 Å². The molecule has 17 heavy (non-hydrogen) atoms. The lowest BCUT2D eigenvalue weighted by Crippen LogP contribution is -2.31. The van der Waals surface area contributed by atoms with Gasteiger partial charge in [0.25, 0.3) is 0 Å². The van der Waals surface area contributed by atoms with Crippen molar-refractivity contribution in [1.29, 1.82) is 0 Å². The number of hydrogen-bond donors (Lipinski definition) is 1. The lowest BCUT2D eigenvalue weighted by Gasteiger charge is -2.29. The van der Waals surface area contributed by atoms with Gasteiger partial charge in [0.05, 0.1) is 0 Å². The minimum absolute atomic E-state index is 0.588. The van der Waals surface area contributed by atoms with Crippen molar-refractivity contribution in [3.05, 3.63) is 29.8 Å². The maximum Gasteiger partial charge on any atom is 0.0403 e. The number of rotatable bonds is 4. The first-order valence-electron chi connectivity index (χ1n) is 6.79. The van der Waals surface area contributed by atoms with Crippen molar-refractivity contribution in [2.75, 3.05) is 18.0 Å². The fraction of sp³-hybridized carbons (Fsp3) is 0.600. The van der Waals surface area contributed by atoms with E-state index < -0.39 is 0 Å². The first-order valence-corrected chi connectivity index (χ1v) is 6.79. The molecule has 0 spiro atoms. The van der Waals surface area contributed by atoms with Crippen LogP contribution in [-0.4, -0.2) is 19.1 Å². The molecule has 0 aliphatic carbocycles. The van der Waals surface area contributed by atoms with E-state index in [1.165, 1.54) is 30.6 Å². The molecule has 1 unspecified atom stereocenters. The van der Waals surface area contributed by atoms with Crippen LogP contribution in [-0.2, 0) is 0 Å². The molecule has 0 radical (unpaired) electrons. The second kappa shape index (κ2) is 5.54. The standard InChI is InChI=1S/C15H24N2/c1-12(2)14-7-3-4-8-15(14)17-11-5-6-13(17)9-10-16/h3-4,7-8,12-13H,5-6,9-11,16H2,1-2H3. The molecule has 0 aromatic heterocycles. The minimum Gasteiger partial charge on any atom is -0.368 e. The Balaban J connectivity index is 2.26. The predicted octanol–water partition coefficient (Wildman–Crippen LogP) is 3.13. The van der Waals surface area contributed by atoms with Gasteiger partial charge in [-0.15, -0.1) is 0 Å². The van der Waals surface area contributed by atoms with Crippen molar-refractivity contribution < 1.29 is 0 Å². The van der Waals surface area contributed by atoms with Crippen LogP contribution in [0, 0.1) is 0 Å². The molecule has 0 bridgehead atoms. The molecule has 0 saturated carbocycles. The van der Waals surface area contributed by atoms with E-state index in [9.17, 15) is 0 Å². The van der Waals surface area contributed by atoms with Crippen molar-refractivity contribution >= 4 is 5.69 Å². The van der Waals surface area contributed by atoms with Crippen LogP contribution in [0.4, 0.5) is 5.69 Å². The minimum atomic E-state index is 0.588. The lowest BCUT2D eigenvalue weighted by atomic mass is 9.99. The van der Waals surface area contributed by atoms with Crippen molar-refractivity contribution in [3.8, 4) is 0 Å². The van der Waals surface area contributed by atoms with E-state index in [0.29, 0.717) is 12.0 Å². The molecule has 1 atom stereocenters. The highest BCUT2D eigenvalue weighted by Gasteiger charge is 2.25. The largest absolute Gasteiger partial charge is 0.368 e. The fourth-order valence-corrected chi connectivity index (χ4v) is 2.88. The quantitative estimate of drug-likeness (QED) is 0.864. The van der Waals surface area contributed by atoms with Gasteiger partial charge in [-0.05, 0) is 43.4 Å². The summed E-state index contributed by atoms with van der Waals surface area (Å²) >= 11 is 0. The third kappa shape index (κ3) is 2.63. The molecule has 1 saturated heterocycles. The third-order valence-electron chi connectivity index (χ3n) is 3.75. The zero-order valence-corrected chi connectivity index (χ0v) is 11.0. The molecule has 94 valence electrons. The zero-order valence-electron chi connectivity index (χ0n) is 11.0. The van der Waals surface area contributed by atoms with E-state index in [1.54, 1.807) is 0 Å². The highest BCUT2D eigenvalue weighted by Crippen LogP contribution is 2.33. The Morgan fingerprint density at radius 1 is 1.35 bits per heavy atom. The highest BCUT2D eigenvalue weighted by molar-refractivity contribution is 5.56. The van der Waals surface area contributed by atoms with Gasteiger partial charge in [0.1, 0.15) is 0 Å². The zero-order chi connectivity index (χ0) is 12.3. The molecule has 2 N–H and O–H groups in total. The summed E-state index contributed by atoms with van der Waals surface area (Å²) in [5, 5.41) is 0. The first-order chi connectivity index (χ1) is 8.24.